The molecule has 134 valence electrons. The molecule has 0 amide bonds. The standard InChI is InChI=1S/C16H15IO8/c1-16(2)24-14(20)9(15(21)25-16)4-8-5-10(17)13(11(6-8)22-3)23-7-12(18)19/h4-6H,7H2,1-3H3,(H,18,19). The van der Waals surface area contributed by atoms with Crippen LogP contribution in [0.1, 0.15) is 19.4 Å². The number of aliphatic carboxylic acids is 1. The van der Waals surface area contributed by atoms with Gasteiger partial charge in [0, 0.05) is 13.8 Å². The quantitative estimate of drug-likeness (QED) is 0.307. The second-order valence-electron chi connectivity index (χ2n) is 5.45. The molecule has 25 heavy (non-hydrogen) atoms. The van der Waals surface area contributed by atoms with Crippen LogP contribution in [0.25, 0.3) is 6.08 Å². The Morgan fingerprint density at radius 3 is 2.40 bits per heavy atom. The van der Waals surface area contributed by atoms with Crippen molar-refractivity contribution in [2.45, 2.75) is 19.6 Å². The summed E-state index contributed by atoms with van der Waals surface area (Å²) in [6, 6.07) is 3.11. The fourth-order valence-electron chi connectivity index (χ4n) is 2.04. The number of benzene rings is 1. The van der Waals surface area contributed by atoms with E-state index in [2.05, 4.69) is 0 Å². The number of carboxylic acid groups (broad SMARTS) is 1. The van der Waals surface area contributed by atoms with E-state index in [0.29, 0.717) is 9.13 Å². The first kappa shape index (κ1) is 19.0. The van der Waals surface area contributed by atoms with Gasteiger partial charge in [-0.15, -0.1) is 0 Å². The molecule has 1 aliphatic rings. The summed E-state index contributed by atoms with van der Waals surface area (Å²) in [4.78, 5) is 34.6. The number of methoxy groups -OCH3 is 1. The smallest absolute Gasteiger partial charge is 0.348 e. The summed E-state index contributed by atoms with van der Waals surface area (Å²) >= 11 is 1.93. The molecule has 0 aliphatic carbocycles. The second-order valence-corrected chi connectivity index (χ2v) is 6.62. The molecule has 1 aromatic rings. The van der Waals surface area contributed by atoms with E-state index in [0.717, 1.165) is 0 Å². The lowest BCUT2D eigenvalue weighted by Crippen LogP contribution is -2.41. The molecular weight excluding hydrogens is 447 g/mol. The molecule has 0 atom stereocenters. The molecule has 1 aromatic carbocycles. The Labute approximate surface area is 156 Å². The van der Waals surface area contributed by atoms with Gasteiger partial charge in [0.25, 0.3) is 5.79 Å². The molecule has 0 bridgehead atoms. The van der Waals surface area contributed by atoms with Gasteiger partial charge in [-0.05, 0) is 46.4 Å². The van der Waals surface area contributed by atoms with Gasteiger partial charge in [0.05, 0.1) is 10.7 Å². The summed E-state index contributed by atoms with van der Waals surface area (Å²) in [7, 11) is 1.39. The first-order valence-corrected chi connectivity index (χ1v) is 8.11. The molecule has 1 saturated heterocycles. The van der Waals surface area contributed by atoms with E-state index in [9.17, 15) is 14.4 Å². The molecule has 2 rings (SSSR count). The van der Waals surface area contributed by atoms with Crippen molar-refractivity contribution < 1.29 is 38.4 Å². The first-order valence-electron chi connectivity index (χ1n) is 7.03. The van der Waals surface area contributed by atoms with Gasteiger partial charge < -0.3 is 24.1 Å². The number of rotatable bonds is 5. The van der Waals surface area contributed by atoms with Crippen LogP contribution < -0.4 is 9.47 Å². The largest absolute Gasteiger partial charge is 0.493 e. The summed E-state index contributed by atoms with van der Waals surface area (Å²) in [5, 5.41) is 8.72. The molecule has 8 nitrogen and oxygen atoms in total. The molecule has 1 heterocycles. The van der Waals surface area contributed by atoms with Crippen LogP contribution in [0.3, 0.4) is 0 Å². The third-order valence-corrected chi connectivity index (χ3v) is 3.82. The maximum Gasteiger partial charge on any atom is 0.348 e. The first-order chi connectivity index (χ1) is 11.6. The Hall–Kier alpha value is -2.30. The van der Waals surface area contributed by atoms with Crippen LogP contribution in [-0.2, 0) is 23.9 Å². The number of hydrogen-bond donors (Lipinski definition) is 1. The molecular formula is C16H15IO8. The van der Waals surface area contributed by atoms with E-state index >= 15 is 0 Å². The Kier molecular flexibility index (Phi) is 5.55. The van der Waals surface area contributed by atoms with Gasteiger partial charge in [-0.1, -0.05) is 0 Å². The summed E-state index contributed by atoms with van der Waals surface area (Å²) in [5.74, 6) is -3.51. The Morgan fingerprint density at radius 2 is 1.88 bits per heavy atom. The number of hydrogen-bond acceptors (Lipinski definition) is 7. The zero-order valence-electron chi connectivity index (χ0n) is 13.6. The van der Waals surface area contributed by atoms with Gasteiger partial charge in [0.15, 0.2) is 18.1 Å². The number of halogens is 1. The van der Waals surface area contributed by atoms with Gasteiger partial charge in [-0.2, -0.15) is 0 Å². The number of carboxylic acids is 1. The van der Waals surface area contributed by atoms with E-state index in [-0.39, 0.29) is 17.1 Å². The maximum atomic E-state index is 12.0. The van der Waals surface area contributed by atoms with Gasteiger partial charge >= 0.3 is 17.9 Å². The fourth-order valence-corrected chi connectivity index (χ4v) is 2.82. The number of esters is 2. The van der Waals surface area contributed by atoms with Crippen molar-refractivity contribution >= 4 is 46.6 Å². The van der Waals surface area contributed by atoms with Crippen molar-refractivity contribution in [1.29, 1.82) is 0 Å². The predicted octanol–water partition coefficient (Wildman–Crippen LogP) is 1.98. The molecule has 0 unspecified atom stereocenters. The highest BCUT2D eigenvalue weighted by Gasteiger charge is 2.38. The second kappa shape index (κ2) is 7.30. The van der Waals surface area contributed by atoms with E-state index in [4.69, 9.17) is 24.1 Å². The fraction of sp³-hybridized carbons (Fsp3) is 0.312. The van der Waals surface area contributed by atoms with Crippen LogP contribution in [0, 0.1) is 3.57 Å². The third-order valence-electron chi connectivity index (χ3n) is 3.02. The van der Waals surface area contributed by atoms with Crippen LogP contribution in [0.15, 0.2) is 17.7 Å². The van der Waals surface area contributed by atoms with Crippen molar-refractivity contribution in [3.63, 3.8) is 0 Å². The van der Waals surface area contributed by atoms with Crippen LogP contribution in [0.2, 0.25) is 0 Å². The number of carbonyl (C=O) groups excluding carboxylic acids is 2. The van der Waals surface area contributed by atoms with E-state index in [1.54, 1.807) is 6.07 Å². The highest BCUT2D eigenvalue weighted by atomic mass is 127. The SMILES string of the molecule is COc1cc(C=C2C(=O)OC(C)(C)OC2=O)cc(I)c1OCC(=O)O. The molecule has 9 heteroatoms. The van der Waals surface area contributed by atoms with Crippen molar-refractivity contribution in [3.8, 4) is 11.5 Å². The molecule has 0 spiro atoms. The lowest BCUT2D eigenvalue weighted by atomic mass is 10.1. The van der Waals surface area contributed by atoms with E-state index in [1.165, 1.54) is 33.1 Å². The minimum Gasteiger partial charge on any atom is -0.493 e. The highest BCUT2D eigenvalue weighted by molar-refractivity contribution is 14.1. The summed E-state index contributed by atoms with van der Waals surface area (Å²) in [6.45, 7) is 2.39. The van der Waals surface area contributed by atoms with Gasteiger partial charge in [-0.25, -0.2) is 14.4 Å². The zero-order chi connectivity index (χ0) is 18.8. The van der Waals surface area contributed by atoms with E-state index < -0.39 is 30.3 Å². The van der Waals surface area contributed by atoms with Crippen molar-refractivity contribution in [3.05, 3.63) is 26.8 Å². The Morgan fingerprint density at radius 1 is 1.28 bits per heavy atom. The number of carbonyl (C=O) groups is 3. The van der Waals surface area contributed by atoms with Crippen molar-refractivity contribution in [2.24, 2.45) is 0 Å². The van der Waals surface area contributed by atoms with Crippen LogP contribution >= 0.6 is 22.6 Å². The highest BCUT2D eigenvalue weighted by Crippen LogP contribution is 2.35. The molecule has 0 radical (unpaired) electrons. The minimum absolute atomic E-state index is 0.252. The van der Waals surface area contributed by atoms with Gasteiger partial charge in [-0.3, -0.25) is 0 Å². The molecule has 0 aromatic heterocycles. The van der Waals surface area contributed by atoms with Gasteiger partial charge in [0.2, 0.25) is 0 Å². The van der Waals surface area contributed by atoms with Gasteiger partial charge in [0.1, 0.15) is 5.57 Å². The van der Waals surface area contributed by atoms with Crippen LogP contribution in [-0.4, -0.2) is 42.5 Å². The Bertz CT molecular complexity index is 744. The minimum atomic E-state index is -1.31. The molecule has 1 fully saturated rings. The summed E-state index contributed by atoms with van der Waals surface area (Å²) in [5.41, 5.74) is 0.212. The topological polar surface area (TPSA) is 108 Å². The monoisotopic (exact) mass is 462 g/mol. The zero-order valence-corrected chi connectivity index (χ0v) is 15.8. The summed E-state index contributed by atoms with van der Waals surface area (Å²) in [6.07, 6.45) is 1.31. The molecule has 1 N–H and O–H groups in total. The summed E-state index contributed by atoms with van der Waals surface area (Å²) < 4.78 is 21.0. The predicted molar refractivity (Wildman–Crippen MR) is 93.1 cm³/mol. The normalized spacial score (nSPS) is 15.9. The molecule has 1 aliphatic heterocycles. The third kappa shape index (κ3) is 4.62. The maximum absolute atomic E-state index is 12.0. The average Bonchev–Trinajstić information content (AvgIpc) is 2.48. The number of ether oxygens (including phenoxy) is 4. The van der Waals surface area contributed by atoms with Crippen LogP contribution in [0.4, 0.5) is 0 Å². The lowest BCUT2D eigenvalue weighted by molar-refractivity contribution is -0.222. The van der Waals surface area contributed by atoms with Crippen molar-refractivity contribution in [2.75, 3.05) is 13.7 Å². The van der Waals surface area contributed by atoms with Crippen LogP contribution in [0.5, 0.6) is 11.5 Å². The average molecular weight is 462 g/mol. The Balaban J connectivity index is 2.37. The molecule has 0 saturated carbocycles. The van der Waals surface area contributed by atoms with E-state index in [1.807, 2.05) is 22.6 Å². The van der Waals surface area contributed by atoms with Crippen molar-refractivity contribution in [1.82, 2.24) is 0 Å². The lowest BCUT2D eigenvalue weighted by Gasteiger charge is -2.29. The number of cyclic esters (lactones) is 2.